The third kappa shape index (κ3) is 1.25. The summed E-state index contributed by atoms with van der Waals surface area (Å²) in [6.07, 6.45) is 5.44. The minimum absolute atomic E-state index is 0.388. The molecule has 1 fully saturated rings. The number of rotatable bonds is 0. The van der Waals surface area contributed by atoms with E-state index in [1.807, 2.05) is 0 Å². The fourth-order valence-corrected chi connectivity index (χ4v) is 3.41. The van der Waals surface area contributed by atoms with Gasteiger partial charge in [-0.05, 0) is 31.4 Å². The van der Waals surface area contributed by atoms with Crippen molar-refractivity contribution in [3.63, 3.8) is 0 Å². The minimum atomic E-state index is 0.388. The van der Waals surface area contributed by atoms with Gasteiger partial charge in [0.25, 0.3) is 0 Å². The average molecular weight is 216 g/mol. The van der Waals surface area contributed by atoms with Gasteiger partial charge in [0.2, 0.25) is 0 Å². The molecule has 2 heteroatoms. The first-order chi connectivity index (χ1) is 7.73. The maximum absolute atomic E-state index is 3.62. The Morgan fingerprint density at radius 3 is 2.75 bits per heavy atom. The maximum atomic E-state index is 3.62. The molecule has 0 atom stereocenters. The van der Waals surface area contributed by atoms with Crippen LogP contribution in [0.3, 0.4) is 0 Å². The van der Waals surface area contributed by atoms with Gasteiger partial charge in [0.05, 0.1) is 16.9 Å². The second kappa shape index (κ2) is 3.41. The number of hydrogen-bond acceptors (Lipinski definition) is 2. The van der Waals surface area contributed by atoms with Crippen molar-refractivity contribution in [1.82, 2.24) is 0 Å². The third-order valence-electron chi connectivity index (χ3n) is 4.43. The van der Waals surface area contributed by atoms with Crippen molar-refractivity contribution in [3.8, 4) is 0 Å². The van der Waals surface area contributed by atoms with Crippen molar-refractivity contribution >= 4 is 11.4 Å². The molecular weight excluding hydrogens is 196 g/mol. The predicted octanol–water partition coefficient (Wildman–Crippen LogP) is 3.17. The van der Waals surface area contributed by atoms with Crippen LogP contribution in [0.5, 0.6) is 0 Å². The lowest BCUT2D eigenvalue weighted by molar-refractivity contribution is 0.428. The van der Waals surface area contributed by atoms with E-state index in [0.29, 0.717) is 5.54 Å². The molecule has 16 heavy (non-hydrogen) atoms. The zero-order chi connectivity index (χ0) is 11.2. The molecule has 86 valence electrons. The van der Waals surface area contributed by atoms with Crippen molar-refractivity contribution in [2.45, 2.75) is 38.1 Å². The smallest absolute Gasteiger partial charge is 0.0634 e. The monoisotopic (exact) mass is 216 g/mol. The molecule has 2 nitrogen and oxygen atoms in total. The summed E-state index contributed by atoms with van der Waals surface area (Å²) in [5.41, 5.74) is 4.49. The van der Waals surface area contributed by atoms with Crippen molar-refractivity contribution in [1.29, 1.82) is 0 Å². The second-order valence-corrected chi connectivity index (χ2v) is 5.32. The highest BCUT2D eigenvalue weighted by Crippen LogP contribution is 2.44. The van der Waals surface area contributed by atoms with E-state index in [1.165, 1.54) is 42.6 Å². The highest BCUT2D eigenvalue weighted by molar-refractivity contribution is 5.76. The van der Waals surface area contributed by atoms with E-state index in [4.69, 9.17) is 0 Å². The van der Waals surface area contributed by atoms with Gasteiger partial charge in [0.1, 0.15) is 0 Å². The average Bonchev–Trinajstić information content (AvgIpc) is 2.74. The molecule has 1 spiro atoms. The summed E-state index contributed by atoms with van der Waals surface area (Å²) >= 11 is 0. The van der Waals surface area contributed by atoms with Crippen LogP contribution in [-0.2, 0) is 0 Å². The summed E-state index contributed by atoms with van der Waals surface area (Å²) in [6, 6.07) is 6.55. The summed E-state index contributed by atoms with van der Waals surface area (Å²) in [6.45, 7) is 3.32. The Balaban J connectivity index is 2.07. The Hall–Kier alpha value is -1.18. The van der Waals surface area contributed by atoms with E-state index in [0.717, 1.165) is 6.54 Å². The lowest BCUT2D eigenvalue weighted by Gasteiger charge is -2.46. The number of nitrogens with zero attached hydrogens (tertiary/aromatic N) is 1. The Labute approximate surface area is 97.6 Å². The number of para-hydroxylation sites is 1. The Kier molecular flexibility index (Phi) is 2.13. The van der Waals surface area contributed by atoms with E-state index in [-0.39, 0.29) is 0 Å². The second-order valence-electron chi connectivity index (χ2n) is 5.32. The predicted molar refractivity (Wildman–Crippen MR) is 69.3 cm³/mol. The van der Waals surface area contributed by atoms with Crippen LogP contribution in [0.15, 0.2) is 18.2 Å². The first-order valence-electron chi connectivity index (χ1n) is 6.30. The maximum Gasteiger partial charge on any atom is 0.0634 e. The molecule has 0 saturated heterocycles. The van der Waals surface area contributed by atoms with Crippen LogP contribution >= 0.6 is 0 Å². The fourth-order valence-electron chi connectivity index (χ4n) is 3.41. The lowest BCUT2D eigenvalue weighted by Crippen LogP contribution is -2.52. The van der Waals surface area contributed by atoms with Gasteiger partial charge in [-0.2, -0.15) is 0 Å². The number of fused-ring (bicyclic) bond motifs is 1. The largest absolute Gasteiger partial charge is 0.381 e. The molecule has 3 rings (SSSR count). The van der Waals surface area contributed by atoms with Gasteiger partial charge in [0.15, 0.2) is 0 Å². The molecule has 1 N–H and O–H groups in total. The number of nitrogens with one attached hydrogen (secondary N) is 1. The van der Waals surface area contributed by atoms with Gasteiger partial charge in [-0.25, -0.2) is 0 Å². The molecule has 0 bridgehead atoms. The van der Waals surface area contributed by atoms with E-state index in [9.17, 15) is 0 Å². The SMILES string of the molecule is Cc1cccc2c1N(C)C1(CCCC1)CN2. The number of anilines is 2. The van der Waals surface area contributed by atoms with Crippen LogP contribution in [0.1, 0.15) is 31.2 Å². The van der Waals surface area contributed by atoms with Gasteiger partial charge in [-0.1, -0.05) is 25.0 Å². The molecular formula is C14H20N2. The summed E-state index contributed by atoms with van der Waals surface area (Å²) in [7, 11) is 2.28. The normalized spacial score (nSPS) is 22.0. The summed E-state index contributed by atoms with van der Waals surface area (Å²) in [4.78, 5) is 2.54. The standard InChI is InChI=1S/C14H20N2/c1-11-6-5-7-12-13(11)16(2)14(10-15-12)8-3-4-9-14/h5-7,15H,3-4,8-10H2,1-2H3. The van der Waals surface area contributed by atoms with Crippen molar-refractivity contribution in [2.75, 3.05) is 23.8 Å². The number of likely N-dealkylation sites (N-methyl/N-ethyl adjacent to an activating group) is 1. The zero-order valence-electron chi connectivity index (χ0n) is 10.2. The summed E-state index contributed by atoms with van der Waals surface area (Å²) in [5, 5.41) is 3.62. The fraction of sp³-hybridized carbons (Fsp3) is 0.571. The topological polar surface area (TPSA) is 15.3 Å². The van der Waals surface area contributed by atoms with Gasteiger partial charge in [-0.3, -0.25) is 0 Å². The minimum Gasteiger partial charge on any atom is -0.381 e. The van der Waals surface area contributed by atoms with Crippen LogP contribution in [0.25, 0.3) is 0 Å². The van der Waals surface area contributed by atoms with E-state index in [2.05, 4.69) is 42.4 Å². The molecule has 1 saturated carbocycles. The van der Waals surface area contributed by atoms with E-state index >= 15 is 0 Å². The molecule has 2 aliphatic rings. The Bertz CT molecular complexity index is 405. The molecule has 1 aliphatic carbocycles. The van der Waals surface area contributed by atoms with Crippen LogP contribution in [0, 0.1) is 6.92 Å². The van der Waals surface area contributed by atoms with Gasteiger partial charge >= 0.3 is 0 Å². The van der Waals surface area contributed by atoms with E-state index in [1.54, 1.807) is 0 Å². The zero-order valence-corrected chi connectivity index (χ0v) is 10.2. The summed E-state index contributed by atoms with van der Waals surface area (Å²) in [5.74, 6) is 0. The first kappa shape index (κ1) is 10.0. The van der Waals surface area contributed by atoms with Crippen molar-refractivity contribution in [2.24, 2.45) is 0 Å². The van der Waals surface area contributed by atoms with Crippen molar-refractivity contribution in [3.05, 3.63) is 23.8 Å². The van der Waals surface area contributed by atoms with Crippen LogP contribution in [0.4, 0.5) is 11.4 Å². The van der Waals surface area contributed by atoms with Crippen LogP contribution < -0.4 is 10.2 Å². The molecule has 1 aliphatic heterocycles. The van der Waals surface area contributed by atoms with E-state index < -0.39 is 0 Å². The number of aryl methyl sites for hydroxylation is 1. The highest BCUT2D eigenvalue weighted by Gasteiger charge is 2.41. The number of hydrogen-bond donors (Lipinski definition) is 1. The highest BCUT2D eigenvalue weighted by atomic mass is 15.2. The molecule has 1 aromatic carbocycles. The third-order valence-corrected chi connectivity index (χ3v) is 4.43. The number of benzene rings is 1. The van der Waals surface area contributed by atoms with Crippen LogP contribution in [0.2, 0.25) is 0 Å². The Morgan fingerprint density at radius 2 is 2.00 bits per heavy atom. The van der Waals surface area contributed by atoms with Gasteiger partial charge in [-0.15, -0.1) is 0 Å². The van der Waals surface area contributed by atoms with Gasteiger partial charge < -0.3 is 10.2 Å². The summed E-state index contributed by atoms with van der Waals surface area (Å²) < 4.78 is 0. The lowest BCUT2D eigenvalue weighted by atomic mass is 9.91. The van der Waals surface area contributed by atoms with Gasteiger partial charge in [0, 0.05) is 13.6 Å². The Morgan fingerprint density at radius 1 is 1.25 bits per heavy atom. The molecule has 0 amide bonds. The molecule has 0 unspecified atom stereocenters. The molecule has 0 radical (unpaired) electrons. The molecule has 1 heterocycles. The van der Waals surface area contributed by atoms with Crippen molar-refractivity contribution < 1.29 is 0 Å². The first-order valence-corrected chi connectivity index (χ1v) is 6.30. The molecule has 0 aromatic heterocycles. The molecule has 1 aromatic rings. The van der Waals surface area contributed by atoms with Crippen LogP contribution in [-0.4, -0.2) is 19.1 Å². The quantitative estimate of drug-likeness (QED) is 0.716.